The molecular weight excluding hydrogens is 430 g/mol. The van der Waals surface area contributed by atoms with E-state index >= 15 is 0 Å². The molecule has 196 valence electrons. The SMILES string of the molecule is CC(C)(C)CCOC(C)(C)c1ccc(C(C)(C)c2ccc(C(C)(C)OCCC(C)(C)N)cc2)cc1. The third-order valence-corrected chi connectivity index (χ3v) is 7.13. The number of rotatable bonds is 11. The number of hydrogen-bond acceptors (Lipinski definition) is 3. The lowest BCUT2D eigenvalue weighted by atomic mass is 9.77. The fraction of sp³-hybridized carbons (Fsp3) is 0.625. The largest absolute Gasteiger partial charge is 0.371 e. The van der Waals surface area contributed by atoms with Crippen LogP contribution in [0.25, 0.3) is 0 Å². The van der Waals surface area contributed by atoms with Crippen molar-refractivity contribution in [2.45, 2.75) is 111 Å². The zero-order valence-electron chi connectivity index (χ0n) is 24.3. The molecule has 2 aromatic carbocycles. The molecule has 0 aliphatic rings. The van der Waals surface area contributed by atoms with Gasteiger partial charge in [-0.1, -0.05) is 83.1 Å². The van der Waals surface area contributed by atoms with Gasteiger partial charge in [0.1, 0.15) is 0 Å². The van der Waals surface area contributed by atoms with Crippen molar-refractivity contribution in [3.8, 4) is 0 Å². The van der Waals surface area contributed by atoms with E-state index in [1.165, 1.54) is 22.3 Å². The molecule has 0 radical (unpaired) electrons. The highest BCUT2D eigenvalue weighted by atomic mass is 16.5. The van der Waals surface area contributed by atoms with Gasteiger partial charge in [0.15, 0.2) is 0 Å². The fourth-order valence-electron chi connectivity index (χ4n) is 4.09. The first-order chi connectivity index (χ1) is 15.8. The van der Waals surface area contributed by atoms with Gasteiger partial charge in [-0.15, -0.1) is 0 Å². The highest BCUT2D eigenvalue weighted by Crippen LogP contribution is 2.35. The lowest BCUT2D eigenvalue weighted by Crippen LogP contribution is -2.34. The summed E-state index contributed by atoms with van der Waals surface area (Å²) in [7, 11) is 0. The fourth-order valence-corrected chi connectivity index (χ4v) is 4.09. The zero-order valence-corrected chi connectivity index (χ0v) is 24.3. The molecule has 0 saturated carbocycles. The molecule has 0 bridgehead atoms. The lowest BCUT2D eigenvalue weighted by molar-refractivity contribution is -0.0317. The van der Waals surface area contributed by atoms with Gasteiger partial charge in [-0.3, -0.25) is 0 Å². The molecule has 0 aliphatic carbocycles. The number of hydrogen-bond donors (Lipinski definition) is 1. The molecule has 0 aliphatic heterocycles. The third-order valence-electron chi connectivity index (χ3n) is 7.13. The molecule has 35 heavy (non-hydrogen) atoms. The highest BCUT2D eigenvalue weighted by Gasteiger charge is 2.28. The molecule has 3 nitrogen and oxygen atoms in total. The summed E-state index contributed by atoms with van der Waals surface area (Å²) in [6, 6.07) is 17.8. The van der Waals surface area contributed by atoms with Crippen LogP contribution in [-0.4, -0.2) is 18.8 Å². The van der Waals surface area contributed by atoms with E-state index in [1.807, 2.05) is 13.8 Å². The highest BCUT2D eigenvalue weighted by molar-refractivity contribution is 5.41. The molecule has 2 N–H and O–H groups in total. The van der Waals surface area contributed by atoms with Gasteiger partial charge in [0.25, 0.3) is 0 Å². The van der Waals surface area contributed by atoms with Crippen molar-refractivity contribution in [1.29, 1.82) is 0 Å². The van der Waals surface area contributed by atoms with Crippen molar-refractivity contribution in [3.05, 3.63) is 70.8 Å². The Hall–Kier alpha value is -1.68. The van der Waals surface area contributed by atoms with Crippen molar-refractivity contribution in [2.24, 2.45) is 11.1 Å². The molecule has 0 aromatic heterocycles. The first-order valence-electron chi connectivity index (χ1n) is 13.1. The first kappa shape index (κ1) is 29.5. The summed E-state index contributed by atoms with van der Waals surface area (Å²) in [5.41, 5.74) is 10.4. The Balaban J connectivity index is 2.11. The molecule has 3 heteroatoms. The Morgan fingerprint density at radius 2 is 0.829 bits per heavy atom. The normalized spacial score (nSPS) is 13.8. The van der Waals surface area contributed by atoms with Crippen LogP contribution in [0, 0.1) is 5.41 Å². The standard InChI is InChI=1S/C32H51NO2/c1-28(2,3)20-22-34-31(8,9)26-16-12-24(13-17-26)30(6,7)25-14-18-27(19-15-25)32(10,11)35-23-21-29(4,5)33/h12-19H,20-23,33H2,1-11H3. The topological polar surface area (TPSA) is 44.5 Å². The Labute approximate surface area is 215 Å². The second-order valence-electron chi connectivity index (χ2n) is 13.5. The first-order valence-corrected chi connectivity index (χ1v) is 13.1. The molecule has 2 aromatic rings. The van der Waals surface area contributed by atoms with E-state index < -0.39 is 0 Å². The summed E-state index contributed by atoms with van der Waals surface area (Å²) in [6.45, 7) is 25.4. The van der Waals surface area contributed by atoms with Crippen LogP contribution in [0.15, 0.2) is 48.5 Å². The van der Waals surface area contributed by atoms with Crippen LogP contribution in [0.4, 0.5) is 0 Å². The second kappa shape index (κ2) is 10.7. The minimum atomic E-state index is -0.353. The molecule has 0 heterocycles. The molecular formula is C32H51NO2. The maximum atomic E-state index is 6.27. The predicted molar refractivity (Wildman–Crippen MR) is 150 cm³/mol. The van der Waals surface area contributed by atoms with Gasteiger partial charge in [0, 0.05) is 24.2 Å². The van der Waals surface area contributed by atoms with Crippen molar-refractivity contribution in [3.63, 3.8) is 0 Å². The van der Waals surface area contributed by atoms with Crippen LogP contribution >= 0.6 is 0 Å². The summed E-state index contributed by atoms with van der Waals surface area (Å²) < 4.78 is 12.5. The van der Waals surface area contributed by atoms with E-state index in [9.17, 15) is 0 Å². The Morgan fingerprint density at radius 1 is 0.514 bits per heavy atom. The van der Waals surface area contributed by atoms with Crippen LogP contribution in [0.5, 0.6) is 0 Å². The molecule has 0 amide bonds. The summed E-state index contributed by atoms with van der Waals surface area (Å²) in [4.78, 5) is 0. The van der Waals surface area contributed by atoms with Gasteiger partial charge in [0.2, 0.25) is 0 Å². The van der Waals surface area contributed by atoms with E-state index in [0.29, 0.717) is 6.61 Å². The Bertz CT molecular complexity index is 846. The van der Waals surface area contributed by atoms with Crippen molar-refractivity contribution >= 4 is 0 Å². The molecule has 0 spiro atoms. The lowest BCUT2D eigenvalue weighted by Gasteiger charge is -2.31. The van der Waals surface area contributed by atoms with Gasteiger partial charge in [-0.25, -0.2) is 0 Å². The quantitative estimate of drug-likeness (QED) is 0.353. The van der Waals surface area contributed by atoms with Gasteiger partial charge >= 0.3 is 0 Å². The molecule has 0 unspecified atom stereocenters. The van der Waals surface area contributed by atoms with E-state index in [1.54, 1.807) is 0 Å². The van der Waals surface area contributed by atoms with Crippen molar-refractivity contribution < 1.29 is 9.47 Å². The Kier molecular flexibility index (Phi) is 9.07. The van der Waals surface area contributed by atoms with Gasteiger partial charge in [-0.2, -0.15) is 0 Å². The summed E-state index contributed by atoms with van der Waals surface area (Å²) in [6.07, 6.45) is 1.88. The van der Waals surface area contributed by atoms with Crippen LogP contribution < -0.4 is 5.73 Å². The third kappa shape index (κ3) is 8.74. The summed E-state index contributed by atoms with van der Waals surface area (Å²) in [5, 5.41) is 0. The average Bonchev–Trinajstić information content (AvgIpc) is 2.71. The average molecular weight is 482 g/mol. The van der Waals surface area contributed by atoms with Gasteiger partial charge < -0.3 is 15.2 Å². The van der Waals surface area contributed by atoms with E-state index in [4.69, 9.17) is 15.2 Å². The monoisotopic (exact) mass is 481 g/mol. The smallest absolute Gasteiger partial charge is 0.0875 e. The number of benzene rings is 2. The number of nitrogens with two attached hydrogens (primary N) is 1. The van der Waals surface area contributed by atoms with Crippen LogP contribution in [0.3, 0.4) is 0 Å². The van der Waals surface area contributed by atoms with Gasteiger partial charge in [-0.05, 0) is 82.1 Å². The predicted octanol–water partition coefficient (Wildman–Crippen LogP) is 8.08. The van der Waals surface area contributed by atoms with E-state index in [0.717, 1.165) is 19.4 Å². The van der Waals surface area contributed by atoms with E-state index in [2.05, 4.69) is 111 Å². The molecule has 0 fully saturated rings. The molecule has 0 saturated heterocycles. The molecule has 2 rings (SSSR count). The minimum Gasteiger partial charge on any atom is -0.371 e. The van der Waals surface area contributed by atoms with Crippen molar-refractivity contribution in [2.75, 3.05) is 13.2 Å². The van der Waals surface area contributed by atoms with Crippen LogP contribution in [-0.2, 0) is 26.1 Å². The van der Waals surface area contributed by atoms with Gasteiger partial charge in [0.05, 0.1) is 11.2 Å². The summed E-state index contributed by atoms with van der Waals surface area (Å²) in [5.74, 6) is 0. The number of ether oxygens (including phenoxy) is 2. The van der Waals surface area contributed by atoms with Crippen molar-refractivity contribution in [1.82, 2.24) is 0 Å². The van der Waals surface area contributed by atoms with E-state index in [-0.39, 0.29) is 27.6 Å². The maximum absolute atomic E-state index is 6.27. The molecule has 0 atom stereocenters. The Morgan fingerprint density at radius 3 is 1.14 bits per heavy atom. The minimum absolute atomic E-state index is 0.108. The van der Waals surface area contributed by atoms with Crippen LogP contribution in [0.1, 0.15) is 111 Å². The zero-order chi connectivity index (χ0) is 26.7. The van der Waals surface area contributed by atoms with Crippen LogP contribution in [0.2, 0.25) is 0 Å². The second-order valence-corrected chi connectivity index (χ2v) is 13.5. The maximum Gasteiger partial charge on any atom is 0.0875 e. The summed E-state index contributed by atoms with van der Waals surface area (Å²) >= 11 is 0.